The first-order chi connectivity index (χ1) is 5.58. The molecule has 1 aromatic heterocycles. The molecule has 0 aromatic carbocycles. The second-order valence-electron chi connectivity index (χ2n) is 2.67. The Kier molecular flexibility index (Phi) is 3.32. The Morgan fingerprint density at radius 3 is 2.33 bits per heavy atom. The minimum Gasteiger partial charge on any atom is -0.393 e. The lowest BCUT2D eigenvalue weighted by atomic mass is 10.1. The van der Waals surface area contributed by atoms with Gasteiger partial charge in [0.25, 0.3) is 0 Å². The van der Waals surface area contributed by atoms with Crippen molar-refractivity contribution in [2.75, 3.05) is 0 Å². The third-order valence-corrected chi connectivity index (χ3v) is 1.74. The molecule has 0 fully saturated rings. The van der Waals surface area contributed by atoms with Crippen LogP contribution in [0.4, 0.5) is 0 Å². The third kappa shape index (κ3) is 2.97. The number of nitrogens with zero attached hydrogens (tertiary/aromatic N) is 1. The van der Waals surface area contributed by atoms with Crippen molar-refractivity contribution in [2.45, 2.75) is 19.4 Å². The van der Waals surface area contributed by atoms with E-state index in [1.165, 1.54) is 0 Å². The lowest BCUT2D eigenvalue weighted by molar-refractivity contribution is 0.195. The van der Waals surface area contributed by atoms with Gasteiger partial charge >= 0.3 is 0 Å². The summed E-state index contributed by atoms with van der Waals surface area (Å²) in [5, 5.41) is 9.80. The van der Waals surface area contributed by atoms with E-state index < -0.39 is 0 Å². The van der Waals surface area contributed by atoms with Crippen LogP contribution in [-0.4, -0.2) is 16.2 Å². The van der Waals surface area contributed by atoms with Gasteiger partial charge in [0.1, 0.15) is 10.3 Å². The number of aliphatic hydroxyl groups is 1. The molecule has 0 saturated carbocycles. The summed E-state index contributed by atoms with van der Waals surface area (Å²) in [6.45, 7) is 1.71. The summed E-state index contributed by atoms with van der Waals surface area (Å²) in [6.07, 6.45) is 0.154. The van der Waals surface area contributed by atoms with Crippen LogP contribution >= 0.6 is 23.2 Å². The topological polar surface area (TPSA) is 33.1 Å². The number of hydrogen-bond donors (Lipinski definition) is 1. The molecule has 0 spiro atoms. The van der Waals surface area contributed by atoms with Crippen LogP contribution in [0.25, 0.3) is 0 Å². The Morgan fingerprint density at radius 1 is 1.42 bits per heavy atom. The quantitative estimate of drug-likeness (QED) is 0.753. The molecule has 1 aromatic rings. The zero-order valence-corrected chi connectivity index (χ0v) is 8.10. The normalized spacial score (nSPS) is 13.0. The van der Waals surface area contributed by atoms with Crippen molar-refractivity contribution in [1.82, 2.24) is 4.98 Å². The minimum absolute atomic E-state index is 0.359. The van der Waals surface area contributed by atoms with Crippen molar-refractivity contribution in [2.24, 2.45) is 0 Å². The molecule has 1 rings (SSSR count). The Balaban J connectivity index is 2.85. The second-order valence-corrected chi connectivity index (χ2v) is 3.45. The van der Waals surface area contributed by atoms with Crippen LogP contribution in [0.2, 0.25) is 10.3 Å². The fourth-order valence-corrected chi connectivity index (χ4v) is 1.48. The van der Waals surface area contributed by atoms with Crippen molar-refractivity contribution in [3.05, 3.63) is 28.0 Å². The number of pyridine rings is 1. The van der Waals surface area contributed by atoms with Crippen molar-refractivity contribution in [3.8, 4) is 0 Å². The lowest BCUT2D eigenvalue weighted by Crippen LogP contribution is -2.04. The first-order valence-corrected chi connectivity index (χ1v) is 4.33. The number of aromatic nitrogens is 1. The van der Waals surface area contributed by atoms with E-state index in [4.69, 9.17) is 28.3 Å². The van der Waals surface area contributed by atoms with E-state index in [0.717, 1.165) is 5.56 Å². The Labute approximate surface area is 81.1 Å². The summed E-state index contributed by atoms with van der Waals surface area (Å²) in [5.74, 6) is 0. The van der Waals surface area contributed by atoms with Gasteiger partial charge in [-0.3, -0.25) is 0 Å². The first-order valence-electron chi connectivity index (χ1n) is 3.58. The third-order valence-electron chi connectivity index (χ3n) is 1.35. The minimum atomic E-state index is -0.389. The highest BCUT2D eigenvalue weighted by Gasteiger charge is 2.02. The van der Waals surface area contributed by atoms with Gasteiger partial charge < -0.3 is 5.11 Å². The van der Waals surface area contributed by atoms with Crippen molar-refractivity contribution in [3.63, 3.8) is 0 Å². The molecule has 0 aliphatic carbocycles. The molecular formula is C8H9Cl2NO. The van der Waals surface area contributed by atoms with Gasteiger partial charge in [-0.15, -0.1) is 0 Å². The summed E-state index contributed by atoms with van der Waals surface area (Å²) in [7, 11) is 0. The van der Waals surface area contributed by atoms with E-state index >= 15 is 0 Å². The summed E-state index contributed by atoms with van der Waals surface area (Å²) in [5.41, 5.74) is 0.898. The molecule has 2 nitrogen and oxygen atoms in total. The average molecular weight is 206 g/mol. The maximum Gasteiger partial charge on any atom is 0.131 e. The molecule has 0 saturated heterocycles. The molecule has 1 N–H and O–H groups in total. The number of halogens is 2. The van der Waals surface area contributed by atoms with E-state index in [-0.39, 0.29) is 6.10 Å². The average Bonchev–Trinajstić information content (AvgIpc) is 1.81. The summed E-state index contributed by atoms with van der Waals surface area (Å²) in [4.78, 5) is 3.79. The van der Waals surface area contributed by atoms with Crippen molar-refractivity contribution in [1.29, 1.82) is 0 Å². The van der Waals surface area contributed by atoms with Gasteiger partial charge in [0, 0.05) is 0 Å². The highest BCUT2D eigenvalue weighted by Crippen LogP contribution is 2.15. The zero-order chi connectivity index (χ0) is 9.14. The largest absolute Gasteiger partial charge is 0.393 e. The van der Waals surface area contributed by atoms with Gasteiger partial charge in [-0.05, 0) is 31.0 Å². The standard InChI is InChI=1S/C8H9Cl2NO/c1-5(12)2-6-3-7(9)11-8(10)4-6/h3-5,12H,2H2,1H3/t5-/m1/s1. The SMILES string of the molecule is C[C@@H](O)Cc1cc(Cl)nc(Cl)c1. The van der Waals surface area contributed by atoms with Gasteiger partial charge in [-0.25, -0.2) is 4.98 Å². The Bertz CT molecular complexity index is 256. The van der Waals surface area contributed by atoms with E-state index in [1.54, 1.807) is 19.1 Å². The molecule has 0 aliphatic rings. The van der Waals surface area contributed by atoms with Crippen molar-refractivity contribution >= 4 is 23.2 Å². The fourth-order valence-electron chi connectivity index (χ4n) is 0.973. The number of aliphatic hydroxyl groups excluding tert-OH is 1. The molecule has 1 heterocycles. The first kappa shape index (κ1) is 9.78. The lowest BCUT2D eigenvalue weighted by Gasteiger charge is -2.04. The molecule has 0 bridgehead atoms. The predicted octanol–water partition coefficient (Wildman–Crippen LogP) is 2.31. The maximum atomic E-state index is 9.08. The molecule has 1 atom stereocenters. The van der Waals surface area contributed by atoms with E-state index in [1.807, 2.05) is 0 Å². The molecule has 0 unspecified atom stereocenters. The van der Waals surface area contributed by atoms with E-state index in [0.29, 0.717) is 16.7 Å². The van der Waals surface area contributed by atoms with Crippen LogP contribution in [0.1, 0.15) is 12.5 Å². The molecular weight excluding hydrogens is 197 g/mol. The maximum absolute atomic E-state index is 9.08. The molecule has 0 aliphatic heterocycles. The second kappa shape index (κ2) is 4.08. The molecule has 4 heteroatoms. The summed E-state index contributed by atoms with van der Waals surface area (Å²) in [6, 6.07) is 3.39. The smallest absolute Gasteiger partial charge is 0.131 e. The van der Waals surface area contributed by atoms with Crippen molar-refractivity contribution < 1.29 is 5.11 Å². The number of rotatable bonds is 2. The highest BCUT2D eigenvalue weighted by molar-refractivity contribution is 6.32. The van der Waals surface area contributed by atoms with Gasteiger partial charge in [0.15, 0.2) is 0 Å². The van der Waals surface area contributed by atoms with Crippen LogP contribution in [0.5, 0.6) is 0 Å². The Morgan fingerprint density at radius 2 is 1.92 bits per heavy atom. The number of hydrogen-bond acceptors (Lipinski definition) is 2. The molecule has 66 valence electrons. The van der Waals surface area contributed by atoms with Crippen LogP contribution in [0, 0.1) is 0 Å². The summed E-state index contributed by atoms with van der Waals surface area (Å²) >= 11 is 11.3. The van der Waals surface area contributed by atoms with Crippen LogP contribution in [-0.2, 0) is 6.42 Å². The van der Waals surface area contributed by atoms with Gasteiger partial charge in [-0.2, -0.15) is 0 Å². The van der Waals surface area contributed by atoms with Crippen LogP contribution in [0.3, 0.4) is 0 Å². The highest BCUT2D eigenvalue weighted by atomic mass is 35.5. The summed E-state index contributed by atoms with van der Waals surface area (Å²) < 4.78 is 0. The van der Waals surface area contributed by atoms with Gasteiger partial charge in [0.05, 0.1) is 6.10 Å². The Hall–Kier alpha value is -0.310. The zero-order valence-electron chi connectivity index (χ0n) is 6.59. The predicted molar refractivity (Wildman–Crippen MR) is 49.6 cm³/mol. The fraction of sp³-hybridized carbons (Fsp3) is 0.375. The van der Waals surface area contributed by atoms with Gasteiger partial charge in [-0.1, -0.05) is 23.2 Å². The monoisotopic (exact) mass is 205 g/mol. The van der Waals surface area contributed by atoms with E-state index in [9.17, 15) is 0 Å². The molecule has 12 heavy (non-hydrogen) atoms. The van der Waals surface area contributed by atoms with E-state index in [2.05, 4.69) is 4.98 Å². The molecule has 0 radical (unpaired) electrons. The van der Waals surface area contributed by atoms with Crippen LogP contribution in [0.15, 0.2) is 12.1 Å². The molecule has 0 amide bonds. The van der Waals surface area contributed by atoms with Gasteiger partial charge in [0.2, 0.25) is 0 Å². The van der Waals surface area contributed by atoms with Crippen LogP contribution < -0.4 is 0 Å².